The molecule has 0 N–H and O–H groups in total. The molecule has 110 valence electrons. The van der Waals surface area contributed by atoms with Gasteiger partial charge in [-0.3, -0.25) is 4.79 Å². The van der Waals surface area contributed by atoms with Crippen LogP contribution >= 0.6 is 0 Å². The number of carbonyl (C=O) groups excluding carboxylic acids is 1. The normalized spacial score (nSPS) is 31.5. The highest BCUT2D eigenvalue weighted by molar-refractivity contribution is 5.75. The molecule has 0 aromatic heterocycles. The third-order valence-corrected chi connectivity index (χ3v) is 4.67. The summed E-state index contributed by atoms with van der Waals surface area (Å²) in [6, 6.07) is 0. The van der Waals surface area contributed by atoms with Crippen molar-refractivity contribution in [1.29, 1.82) is 0 Å². The average molecular weight is 268 g/mol. The minimum Gasteiger partial charge on any atom is -0.465 e. The third-order valence-electron chi connectivity index (χ3n) is 4.67. The van der Waals surface area contributed by atoms with Crippen LogP contribution in [0.25, 0.3) is 0 Å². The Balaban J connectivity index is 1.73. The van der Waals surface area contributed by atoms with Crippen molar-refractivity contribution in [2.75, 3.05) is 6.61 Å². The lowest BCUT2D eigenvalue weighted by molar-refractivity contribution is -0.156. The Morgan fingerprint density at radius 3 is 2.74 bits per heavy atom. The van der Waals surface area contributed by atoms with E-state index < -0.39 is 0 Å². The molecule has 2 rings (SSSR count). The third kappa shape index (κ3) is 3.95. The van der Waals surface area contributed by atoms with Crippen LogP contribution in [0.15, 0.2) is 0 Å². The van der Waals surface area contributed by atoms with E-state index in [9.17, 15) is 4.79 Å². The summed E-state index contributed by atoms with van der Waals surface area (Å²) in [7, 11) is 0. The van der Waals surface area contributed by atoms with Gasteiger partial charge >= 0.3 is 5.97 Å². The molecule has 1 saturated heterocycles. The minimum atomic E-state index is -0.358. The first-order valence-electron chi connectivity index (χ1n) is 7.75. The fourth-order valence-electron chi connectivity index (χ4n) is 3.13. The average Bonchev–Trinajstić information content (AvgIpc) is 3.13. The molecule has 2 fully saturated rings. The fraction of sp³-hybridized carbons (Fsp3) is 0.938. The van der Waals surface area contributed by atoms with Crippen LogP contribution < -0.4 is 0 Å². The van der Waals surface area contributed by atoms with Crippen LogP contribution in [-0.2, 0) is 14.3 Å². The second-order valence-corrected chi connectivity index (χ2v) is 7.09. The Hall–Kier alpha value is -0.570. The smallest absolute Gasteiger partial charge is 0.311 e. The maximum atomic E-state index is 12.2. The summed E-state index contributed by atoms with van der Waals surface area (Å²) in [6.45, 7) is 8.95. The molecule has 1 aliphatic carbocycles. The Kier molecular flexibility index (Phi) is 4.54. The van der Waals surface area contributed by atoms with E-state index in [2.05, 4.69) is 13.8 Å². The molecule has 4 atom stereocenters. The lowest BCUT2D eigenvalue weighted by atomic mass is 9.82. The molecule has 2 aliphatic rings. The van der Waals surface area contributed by atoms with Crippen molar-refractivity contribution in [3.8, 4) is 0 Å². The summed E-state index contributed by atoms with van der Waals surface area (Å²) in [5.74, 6) is 1.04. The van der Waals surface area contributed by atoms with Gasteiger partial charge in [-0.05, 0) is 51.4 Å². The van der Waals surface area contributed by atoms with E-state index in [1.54, 1.807) is 0 Å². The maximum Gasteiger partial charge on any atom is 0.311 e. The molecule has 3 heteroatoms. The van der Waals surface area contributed by atoms with Gasteiger partial charge < -0.3 is 9.47 Å². The van der Waals surface area contributed by atoms with Gasteiger partial charge in [0, 0.05) is 0 Å². The quantitative estimate of drug-likeness (QED) is 0.546. The summed E-state index contributed by atoms with van der Waals surface area (Å²) in [5, 5.41) is 0. The fourth-order valence-corrected chi connectivity index (χ4v) is 3.13. The first-order chi connectivity index (χ1) is 8.92. The molecule has 4 unspecified atom stereocenters. The van der Waals surface area contributed by atoms with Gasteiger partial charge in [-0.15, -0.1) is 0 Å². The Morgan fingerprint density at radius 2 is 2.11 bits per heavy atom. The summed E-state index contributed by atoms with van der Waals surface area (Å²) in [5.41, 5.74) is -0.358. The van der Waals surface area contributed by atoms with Crippen LogP contribution in [0, 0.1) is 17.3 Å². The summed E-state index contributed by atoms with van der Waals surface area (Å²) in [4.78, 5) is 12.2. The number of hydrogen-bond acceptors (Lipinski definition) is 3. The Bertz CT molecular complexity index is 324. The van der Waals surface area contributed by atoms with Crippen LogP contribution in [0.3, 0.4) is 0 Å². The molecule has 0 spiro atoms. The van der Waals surface area contributed by atoms with Gasteiger partial charge in [0.1, 0.15) is 0 Å². The monoisotopic (exact) mass is 268 g/mol. The van der Waals surface area contributed by atoms with Gasteiger partial charge in [-0.2, -0.15) is 0 Å². The van der Waals surface area contributed by atoms with Crippen molar-refractivity contribution in [2.45, 2.75) is 72.0 Å². The topological polar surface area (TPSA) is 38.8 Å². The number of epoxide rings is 1. The highest BCUT2D eigenvalue weighted by atomic mass is 16.6. The van der Waals surface area contributed by atoms with Gasteiger partial charge in [-0.25, -0.2) is 0 Å². The van der Waals surface area contributed by atoms with Crippen LogP contribution in [0.5, 0.6) is 0 Å². The molecule has 0 amide bonds. The van der Waals surface area contributed by atoms with Crippen molar-refractivity contribution in [2.24, 2.45) is 17.3 Å². The number of esters is 1. The molecule has 0 aromatic rings. The summed E-state index contributed by atoms with van der Waals surface area (Å²) >= 11 is 0. The summed E-state index contributed by atoms with van der Waals surface area (Å²) in [6.07, 6.45) is 6.35. The molecular formula is C16H28O3. The lowest BCUT2D eigenvalue weighted by Crippen LogP contribution is -2.31. The van der Waals surface area contributed by atoms with Crippen molar-refractivity contribution in [3.05, 3.63) is 0 Å². The molecule has 1 heterocycles. The highest BCUT2D eigenvalue weighted by Gasteiger charge is 2.44. The first-order valence-corrected chi connectivity index (χ1v) is 7.75. The second-order valence-electron chi connectivity index (χ2n) is 7.09. The zero-order chi connectivity index (χ0) is 14.0. The van der Waals surface area contributed by atoms with Crippen LogP contribution in [0.4, 0.5) is 0 Å². The van der Waals surface area contributed by atoms with Crippen LogP contribution in [-0.4, -0.2) is 24.8 Å². The van der Waals surface area contributed by atoms with Gasteiger partial charge in [0.2, 0.25) is 0 Å². The standard InChI is InChI=1S/C16H28O3/c1-5-11(2)9-16(3,4)15(17)18-10-12-6-7-13-14(8-12)19-13/h11-14H,5-10H2,1-4H3. The molecule has 19 heavy (non-hydrogen) atoms. The van der Waals surface area contributed by atoms with E-state index in [1.807, 2.05) is 13.8 Å². The lowest BCUT2D eigenvalue weighted by Gasteiger charge is -2.27. The van der Waals surface area contributed by atoms with E-state index in [1.165, 1.54) is 0 Å². The highest BCUT2D eigenvalue weighted by Crippen LogP contribution is 2.39. The van der Waals surface area contributed by atoms with E-state index in [0.29, 0.717) is 30.7 Å². The Labute approximate surface area is 117 Å². The molecule has 3 nitrogen and oxygen atoms in total. The minimum absolute atomic E-state index is 0.0355. The van der Waals surface area contributed by atoms with Crippen molar-refractivity contribution in [1.82, 2.24) is 0 Å². The van der Waals surface area contributed by atoms with Gasteiger partial charge in [0.15, 0.2) is 0 Å². The van der Waals surface area contributed by atoms with Crippen molar-refractivity contribution in [3.63, 3.8) is 0 Å². The molecule has 1 saturated carbocycles. The zero-order valence-corrected chi connectivity index (χ0v) is 12.8. The first kappa shape index (κ1) is 14.8. The molecule has 0 radical (unpaired) electrons. The van der Waals surface area contributed by atoms with E-state index in [-0.39, 0.29) is 11.4 Å². The van der Waals surface area contributed by atoms with E-state index in [0.717, 1.165) is 32.1 Å². The molecule has 0 bridgehead atoms. The predicted molar refractivity (Wildman–Crippen MR) is 74.8 cm³/mol. The van der Waals surface area contributed by atoms with Crippen LogP contribution in [0.2, 0.25) is 0 Å². The molecule has 0 aromatic carbocycles. The predicted octanol–water partition coefficient (Wildman–Crippen LogP) is 3.56. The number of ether oxygens (including phenoxy) is 2. The summed E-state index contributed by atoms with van der Waals surface area (Å²) < 4.78 is 11.1. The number of fused-ring (bicyclic) bond motifs is 1. The Morgan fingerprint density at radius 1 is 1.37 bits per heavy atom. The van der Waals surface area contributed by atoms with E-state index in [4.69, 9.17) is 9.47 Å². The van der Waals surface area contributed by atoms with Crippen molar-refractivity contribution < 1.29 is 14.3 Å². The van der Waals surface area contributed by atoms with Crippen LogP contribution in [0.1, 0.15) is 59.8 Å². The van der Waals surface area contributed by atoms with E-state index >= 15 is 0 Å². The molecule has 1 aliphatic heterocycles. The maximum absolute atomic E-state index is 12.2. The van der Waals surface area contributed by atoms with Gasteiger partial charge in [0.05, 0.1) is 24.2 Å². The molecular weight excluding hydrogens is 240 g/mol. The van der Waals surface area contributed by atoms with Gasteiger partial charge in [-0.1, -0.05) is 20.3 Å². The SMILES string of the molecule is CCC(C)CC(C)(C)C(=O)OCC1CCC2OC2C1. The zero-order valence-electron chi connectivity index (χ0n) is 12.8. The van der Waals surface area contributed by atoms with Gasteiger partial charge in [0.25, 0.3) is 0 Å². The number of rotatable bonds is 6. The number of carbonyl (C=O) groups is 1. The second kappa shape index (κ2) is 5.82. The number of hydrogen-bond donors (Lipinski definition) is 0. The largest absolute Gasteiger partial charge is 0.465 e. The van der Waals surface area contributed by atoms with Crippen molar-refractivity contribution >= 4 is 5.97 Å².